The van der Waals surface area contributed by atoms with Crippen molar-refractivity contribution in [3.05, 3.63) is 59.9 Å². The molecule has 1 aliphatic rings. The molecule has 1 N–H and O–H groups in total. The van der Waals surface area contributed by atoms with Crippen LogP contribution in [0.2, 0.25) is 0 Å². The molecular weight excluding hydrogens is 285 g/mol. The highest BCUT2D eigenvalue weighted by Crippen LogP contribution is 2.33. The van der Waals surface area contributed by atoms with Crippen molar-refractivity contribution >= 4 is 5.91 Å². The third kappa shape index (κ3) is 2.88. The summed E-state index contributed by atoms with van der Waals surface area (Å²) in [5.41, 5.74) is 0.431. The van der Waals surface area contributed by atoms with Gasteiger partial charge in [-0.25, -0.2) is 4.39 Å². The van der Waals surface area contributed by atoms with Gasteiger partial charge in [-0.1, -0.05) is 30.3 Å². The molecule has 2 atom stereocenters. The van der Waals surface area contributed by atoms with Crippen molar-refractivity contribution in [1.82, 2.24) is 5.32 Å². The summed E-state index contributed by atoms with van der Waals surface area (Å²) in [5.74, 6) is 0.479. The van der Waals surface area contributed by atoms with E-state index in [9.17, 15) is 9.18 Å². The Labute approximate surface area is 127 Å². The fourth-order valence-electron chi connectivity index (χ4n) is 2.33. The fourth-order valence-corrected chi connectivity index (χ4v) is 2.33. The second-order valence-electron chi connectivity index (χ2n) is 5.12. The highest BCUT2D eigenvalue weighted by atomic mass is 19.1. The molecule has 0 fully saturated rings. The van der Waals surface area contributed by atoms with Gasteiger partial charge in [-0.3, -0.25) is 4.79 Å². The number of fused-ring (bicyclic) bond motifs is 1. The first-order valence-electron chi connectivity index (χ1n) is 7.08. The zero-order chi connectivity index (χ0) is 15.5. The molecule has 2 unspecified atom stereocenters. The number of hydrogen-bond acceptors (Lipinski definition) is 3. The zero-order valence-corrected chi connectivity index (χ0v) is 12.1. The lowest BCUT2D eigenvalue weighted by Gasteiger charge is -2.31. The summed E-state index contributed by atoms with van der Waals surface area (Å²) in [4.78, 5) is 12.3. The molecule has 22 heavy (non-hydrogen) atoms. The minimum absolute atomic E-state index is 0.111. The van der Waals surface area contributed by atoms with E-state index in [0.29, 0.717) is 17.1 Å². The Morgan fingerprint density at radius 2 is 1.73 bits per heavy atom. The number of carbonyl (C=O) groups excluding carboxylic acids is 1. The average Bonchev–Trinajstić information content (AvgIpc) is 2.53. The Balaban J connectivity index is 1.67. The van der Waals surface area contributed by atoms with Gasteiger partial charge in [0, 0.05) is 12.1 Å². The first-order valence-corrected chi connectivity index (χ1v) is 7.08. The topological polar surface area (TPSA) is 47.6 Å². The second kappa shape index (κ2) is 6.05. The molecule has 4 nitrogen and oxygen atoms in total. The smallest absolute Gasteiger partial charge is 0.265 e. The van der Waals surface area contributed by atoms with E-state index >= 15 is 0 Å². The number of hydrogen-bond donors (Lipinski definition) is 1. The maximum Gasteiger partial charge on any atom is 0.265 e. The number of halogens is 1. The summed E-state index contributed by atoms with van der Waals surface area (Å²) >= 11 is 0. The number of carbonyl (C=O) groups is 1. The summed E-state index contributed by atoms with van der Waals surface area (Å²) in [6, 6.07) is 13.5. The van der Waals surface area contributed by atoms with Crippen LogP contribution in [-0.4, -0.2) is 18.1 Å². The van der Waals surface area contributed by atoms with Gasteiger partial charge in [0.05, 0.1) is 0 Å². The van der Waals surface area contributed by atoms with Crippen molar-refractivity contribution in [3.63, 3.8) is 0 Å². The van der Waals surface area contributed by atoms with Crippen LogP contribution in [0, 0.1) is 5.82 Å². The van der Waals surface area contributed by atoms with Crippen LogP contribution in [-0.2, 0) is 11.3 Å². The molecular formula is C17H16FNO3. The number of amides is 1. The Hall–Kier alpha value is -2.56. The van der Waals surface area contributed by atoms with E-state index in [-0.39, 0.29) is 18.3 Å². The fraction of sp³-hybridized carbons (Fsp3) is 0.235. The van der Waals surface area contributed by atoms with Crippen LogP contribution >= 0.6 is 0 Å². The summed E-state index contributed by atoms with van der Waals surface area (Å²) in [5, 5.41) is 2.69. The van der Waals surface area contributed by atoms with Gasteiger partial charge in [0.25, 0.3) is 5.91 Å². The van der Waals surface area contributed by atoms with E-state index in [1.54, 1.807) is 37.3 Å². The molecule has 0 aliphatic carbocycles. The maximum absolute atomic E-state index is 13.5. The average molecular weight is 301 g/mol. The van der Waals surface area contributed by atoms with Gasteiger partial charge >= 0.3 is 0 Å². The summed E-state index contributed by atoms with van der Waals surface area (Å²) in [6.45, 7) is 1.88. The number of benzene rings is 2. The first-order chi connectivity index (χ1) is 10.6. The quantitative estimate of drug-likeness (QED) is 0.948. The predicted octanol–water partition coefficient (Wildman–Crippen LogP) is 2.67. The van der Waals surface area contributed by atoms with Crippen LogP contribution in [0.15, 0.2) is 48.5 Å². The summed E-state index contributed by atoms with van der Waals surface area (Å²) < 4.78 is 24.9. The van der Waals surface area contributed by atoms with Gasteiger partial charge in [0.15, 0.2) is 11.5 Å². The van der Waals surface area contributed by atoms with Crippen LogP contribution in [0.4, 0.5) is 4.39 Å². The van der Waals surface area contributed by atoms with E-state index < -0.39 is 12.2 Å². The van der Waals surface area contributed by atoms with Crippen molar-refractivity contribution in [1.29, 1.82) is 0 Å². The zero-order valence-electron chi connectivity index (χ0n) is 12.1. The maximum atomic E-state index is 13.5. The lowest BCUT2D eigenvalue weighted by Crippen LogP contribution is -2.48. The van der Waals surface area contributed by atoms with Crippen LogP contribution in [0.3, 0.4) is 0 Å². The van der Waals surface area contributed by atoms with E-state index in [4.69, 9.17) is 9.47 Å². The predicted molar refractivity (Wildman–Crippen MR) is 79.2 cm³/mol. The Morgan fingerprint density at radius 3 is 2.45 bits per heavy atom. The Kier molecular flexibility index (Phi) is 3.96. The molecule has 0 aromatic heterocycles. The van der Waals surface area contributed by atoms with Gasteiger partial charge in [-0.05, 0) is 25.1 Å². The van der Waals surface area contributed by atoms with Crippen LogP contribution < -0.4 is 14.8 Å². The van der Waals surface area contributed by atoms with E-state index in [0.717, 1.165) is 0 Å². The highest BCUT2D eigenvalue weighted by Gasteiger charge is 2.33. The molecule has 2 aromatic rings. The standard InChI is InChI=1S/C17H16FNO3/c1-11-16(22-15-9-5-4-8-14(15)21-11)17(20)19-10-12-6-2-3-7-13(12)18/h2-9,11,16H,10H2,1H3,(H,19,20). The molecule has 0 spiro atoms. The Bertz CT molecular complexity index is 689. The van der Waals surface area contributed by atoms with Crippen molar-refractivity contribution in [2.45, 2.75) is 25.7 Å². The van der Waals surface area contributed by atoms with E-state index in [1.807, 2.05) is 12.1 Å². The third-order valence-corrected chi connectivity index (χ3v) is 3.51. The second-order valence-corrected chi connectivity index (χ2v) is 5.12. The molecule has 1 heterocycles. The van der Waals surface area contributed by atoms with E-state index in [2.05, 4.69) is 5.32 Å². The number of ether oxygens (including phenoxy) is 2. The molecule has 1 amide bonds. The molecule has 0 saturated heterocycles. The number of para-hydroxylation sites is 2. The molecule has 114 valence electrons. The van der Waals surface area contributed by atoms with Crippen LogP contribution in [0.5, 0.6) is 11.5 Å². The van der Waals surface area contributed by atoms with Crippen molar-refractivity contribution in [2.75, 3.05) is 0 Å². The summed E-state index contributed by atoms with van der Waals surface area (Å²) in [6.07, 6.45) is -1.18. The van der Waals surface area contributed by atoms with Gasteiger partial charge in [-0.2, -0.15) is 0 Å². The van der Waals surface area contributed by atoms with E-state index in [1.165, 1.54) is 6.07 Å². The molecule has 0 bridgehead atoms. The number of rotatable bonds is 3. The monoisotopic (exact) mass is 301 g/mol. The van der Waals surface area contributed by atoms with Crippen molar-refractivity contribution in [3.8, 4) is 11.5 Å². The number of nitrogens with one attached hydrogen (secondary N) is 1. The van der Waals surface area contributed by atoms with Crippen molar-refractivity contribution in [2.24, 2.45) is 0 Å². The molecule has 0 radical (unpaired) electrons. The molecule has 1 aliphatic heterocycles. The first kappa shape index (κ1) is 14.4. The largest absolute Gasteiger partial charge is 0.482 e. The minimum Gasteiger partial charge on any atom is -0.482 e. The van der Waals surface area contributed by atoms with Gasteiger partial charge in [0.1, 0.15) is 11.9 Å². The summed E-state index contributed by atoms with van der Waals surface area (Å²) in [7, 11) is 0. The van der Waals surface area contributed by atoms with Gasteiger partial charge in [-0.15, -0.1) is 0 Å². The van der Waals surface area contributed by atoms with Crippen LogP contribution in [0.1, 0.15) is 12.5 Å². The van der Waals surface area contributed by atoms with Gasteiger partial charge < -0.3 is 14.8 Å². The lowest BCUT2D eigenvalue weighted by atomic mass is 10.1. The molecule has 2 aromatic carbocycles. The van der Waals surface area contributed by atoms with Crippen LogP contribution in [0.25, 0.3) is 0 Å². The molecule has 5 heteroatoms. The third-order valence-electron chi connectivity index (χ3n) is 3.51. The molecule has 3 rings (SSSR count). The van der Waals surface area contributed by atoms with Crippen molar-refractivity contribution < 1.29 is 18.7 Å². The lowest BCUT2D eigenvalue weighted by molar-refractivity contribution is -0.133. The molecule has 0 saturated carbocycles. The minimum atomic E-state index is -0.762. The Morgan fingerprint density at radius 1 is 1.09 bits per heavy atom. The van der Waals surface area contributed by atoms with Gasteiger partial charge in [0.2, 0.25) is 6.10 Å². The normalized spacial score (nSPS) is 19.5. The highest BCUT2D eigenvalue weighted by molar-refractivity contribution is 5.82. The SMILES string of the molecule is CC1Oc2ccccc2OC1C(=O)NCc1ccccc1F.